The summed E-state index contributed by atoms with van der Waals surface area (Å²) in [5, 5.41) is 7.70. The molecule has 13 heteroatoms. The molecule has 1 saturated heterocycles. The molecule has 1 aromatic heterocycles. The van der Waals surface area contributed by atoms with Gasteiger partial charge in [0, 0.05) is 54.2 Å². The number of amides is 2. The molecule has 2 amide bonds. The Morgan fingerprint density at radius 1 is 0.816 bits per heavy atom. The Hall–Kier alpha value is -3.91. The van der Waals surface area contributed by atoms with Gasteiger partial charge >= 0.3 is 6.03 Å². The summed E-state index contributed by atoms with van der Waals surface area (Å²) in [6.45, 7) is 8.81. The van der Waals surface area contributed by atoms with E-state index >= 15 is 0 Å². The predicted octanol–water partition coefficient (Wildman–Crippen LogP) is 5.48. The molecule has 1 aliphatic heterocycles. The highest BCUT2D eigenvalue weighted by Crippen LogP contribution is 2.33. The Morgan fingerprint density at radius 2 is 1.49 bits per heavy atom. The van der Waals surface area contributed by atoms with Crippen LogP contribution in [0.15, 0.2) is 60.7 Å². The topological polar surface area (TPSA) is 144 Å². The van der Waals surface area contributed by atoms with Crippen LogP contribution in [0.1, 0.15) is 42.0 Å². The number of carbonyl (C=O) groups excluding carboxylic acids is 1. The number of fused-ring (bicyclic) bond motifs is 1. The summed E-state index contributed by atoms with van der Waals surface area (Å²) in [4.78, 5) is 18.5. The molecule has 1 fully saturated rings. The molecule has 0 radical (unpaired) electrons. The largest absolute Gasteiger partial charge is 0.354 e. The highest BCUT2D eigenvalue weighted by atomic mass is 32.2. The normalized spacial score (nSPS) is 14.3. The molecule has 11 nitrogen and oxygen atoms in total. The quantitative estimate of drug-likeness (QED) is 0.128. The fraction of sp³-hybridized carbons (Fsp3) is 0.417. The average molecular weight is 709 g/mol. The molecule has 5 rings (SSSR count). The SMILES string of the molecule is CCS(=O)(=O)N1CCN(C(=O)Nc2ccc3[nH]c(-c4cc(C)cc(C)c4)c(CCNCCCCc4ccc(NS(C)(=O)=O)cc4)c3c2)CC1. The Labute approximate surface area is 290 Å². The first-order chi connectivity index (χ1) is 23.3. The van der Waals surface area contributed by atoms with Crippen LogP contribution in [0.25, 0.3) is 22.2 Å². The van der Waals surface area contributed by atoms with Gasteiger partial charge in [-0.1, -0.05) is 29.3 Å². The van der Waals surface area contributed by atoms with Crippen molar-refractivity contribution < 1.29 is 21.6 Å². The van der Waals surface area contributed by atoms with Crippen molar-refractivity contribution in [3.63, 3.8) is 0 Å². The van der Waals surface area contributed by atoms with Crippen molar-refractivity contribution in [1.82, 2.24) is 19.5 Å². The van der Waals surface area contributed by atoms with Crippen molar-refractivity contribution in [2.24, 2.45) is 0 Å². The number of hydrogen-bond acceptors (Lipinski definition) is 6. The number of carbonyl (C=O) groups is 1. The van der Waals surface area contributed by atoms with Crippen molar-refractivity contribution in [1.29, 1.82) is 0 Å². The number of nitrogens with one attached hydrogen (secondary N) is 4. The first-order valence-corrected chi connectivity index (χ1v) is 20.4. The number of aromatic amines is 1. The Morgan fingerprint density at radius 3 is 2.14 bits per heavy atom. The first kappa shape index (κ1) is 36.4. The Kier molecular flexibility index (Phi) is 11.7. The van der Waals surface area contributed by atoms with Gasteiger partial charge < -0.3 is 20.5 Å². The zero-order chi connectivity index (χ0) is 35.2. The zero-order valence-corrected chi connectivity index (χ0v) is 30.4. The van der Waals surface area contributed by atoms with E-state index in [1.54, 1.807) is 24.0 Å². The van der Waals surface area contributed by atoms with Crippen LogP contribution >= 0.6 is 0 Å². The number of anilines is 2. The summed E-state index contributed by atoms with van der Waals surface area (Å²) in [5.41, 5.74) is 9.22. The van der Waals surface area contributed by atoms with Gasteiger partial charge in [-0.15, -0.1) is 0 Å². The number of unbranched alkanes of at least 4 members (excludes halogenated alkanes) is 1. The summed E-state index contributed by atoms with van der Waals surface area (Å²) >= 11 is 0. The van der Waals surface area contributed by atoms with Crippen LogP contribution in [-0.4, -0.2) is 88.3 Å². The predicted molar refractivity (Wildman–Crippen MR) is 199 cm³/mol. The third-order valence-corrected chi connectivity index (χ3v) is 11.3. The van der Waals surface area contributed by atoms with Gasteiger partial charge in [-0.05, 0) is 119 Å². The number of benzene rings is 3. The van der Waals surface area contributed by atoms with E-state index in [0.29, 0.717) is 37.6 Å². The standard InChI is InChI=1S/C36H48N6O5S2/c1-5-49(46,47)42-20-18-41(19-21-42)36(43)38-31-13-14-34-33(25-31)32(35(39-34)29-23-26(2)22-27(3)24-29)15-17-37-16-7-6-8-28-9-11-30(12-10-28)40-48(4,44)45/h9-14,22-25,37,39-40H,5-8,15-21H2,1-4H3,(H,38,43). The van der Waals surface area contributed by atoms with Gasteiger partial charge in [-0.3, -0.25) is 4.72 Å². The Balaban J connectivity index is 1.22. The lowest BCUT2D eigenvalue weighted by molar-refractivity contribution is 0.184. The first-order valence-electron chi connectivity index (χ1n) is 16.9. The summed E-state index contributed by atoms with van der Waals surface area (Å²) in [6.07, 6.45) is 4.88. The highest BCUT2D eigenvalue weighted by molar-refractivity contribution is 7.92. The van der Waals surface area contributed by atoms with E-state index in [1.807, 2.05) is 30.3 Å². The van der Waals surface area contributed by atoms with E-state index in [-0.39, 0.29) is 11.8 Å². The lowest BCUT2D eigenvalue weighted by atomic mass is 9.99. The van der Waals surface area contributed by atoms with Gasteiger partial charge in [0.15, 0.2) is 0 Å². The van der Waals surface area contributed by atoms with E-state index in [9.17, 15) is 21.6 Å². The maximum atomic E-state index is 13.2. The molecular formula is C36H48N6O5S2. The smallest absolute Gasteiger partial charge is 0.321 e. The molecule has 0 spiro atoms. The lowest BCUT2D eigenvalue weighted by Crippen LogP contribution is -2.51. The Bertz CT molecular complexity index is 1960. The second-order valence-electron chi connectivity index (χ2n) is 12.9. The zero-order valence-electron chi connectivity index (χ0n) is 28.8. The molecule has 1 aliphatic rings. The summed E-state index contributed by atoms with van der Waals surface area (Å²) in [6, 6.07) is 19.8. The van der Waals surface area contributed by atoms with Crippen LogP contribution < -0.4 is 15.4 Å². The number of rotatable bonds is 14. The van der Waals surface area contributed by atoms with Gasteiger partial charge in [-0.2, -0.15) is 4.31 Å². The van der Waals surface area contributed by atoms with Gasteiger partial charge in [0.2, 0.25) is 20.0 Å². The third-order valence-electron chi connectivity index (χ3n) is 8.83. The van der Waals surface area contributed by atoms with E-state index in [2.05, 4.69) is 52.4 Å². The molecule has 4 N–H and O–H groups in total. The van der Waals surface area contributed by atoms with E-state index in [0.717, 1.165) is 67.2 Å². The van der Waals surface area contributed by atoms with Gasteiger partial charge in [0.25, 0.3) is 0 Å². The minimum Gasteiger partial charge on any atom is -0.354 e. The number of urea groups is 1. The van der Waals surface area contributed by atoms with Crippen molar-refractivity contribution in [2.45, 2.75) is 46.5 Å². The highest BCUT2D eigenvalue weighted by Gasteiger charge is 2.27. The van der Waals surface area contributed by atoms with Gasteiger partial charge in [0.05, 0.1) is 12.0 Å². The molecule has 49 heavy (non-hydrogen) atoms. The fourth-order valence-corrected chi connectivity index (χ4v) is 8.03. The number of H-pyrrole nitrogens is 1. The molecule has 0 bridgehead atoms. The number of aryl methyl sites for hydroxylation is 3. The van der Waals surface area contributed by atoms with E-state index in [4.69, 9.17) is 0 Å². The number of nitrogens with zero attached hydrogens (tertiary/aromatic N) is 2. The molecule has 3 aromatic carbocycles. The molecule has 2 heterocycles. The van der Waals surface area contributed by atoms with Crippen molar-refractivity contribution in [2.75, 3.05) is 61.3 Å². The number of piperazine rings is 1. The van der Waals surface area contributed by atoms with Crippen LogP contribution in [0, 0.1) is 13.8 Å². The third kappa shape index (κ3) is 9.84. The summed E-state index contributed by atoms with van der Waals surface area (Å²) in [5.74, 6) is 0.0583. The summed E-state index contributed by atoms with van der Waals surface area (Å²) < 4.78 is 51.3. The minimum absolute atomic E-state index is 0.0583. The van der Waals surface area contributed by atoms with Crippen molar-refractivity contribution in [3.8, 4) is 11.3 Å². The van der Waals surface area contributed by atoms with Gasteiger partial charge in [-0.25, -0.2) is 21.6 Å². The molecule has 0 unspecified atom stereocenters. The monoisotopic (exact) mass is 708 g/mol. The van der Waals surface area contributed by atoms with Crippen LogP contribution in [0.5, 0.6) is 0 Å². The molecule has 0 aliphatic carbocycles. The second kappa shape index (κ2) is 15.8. The average Bonchev–Trinajstić information content (AvgIpc) is 3.41. The van der Waals surface area contributed by atoms with E-state index in [1.165, 1.54) is 26.6 Å². The molecule has 0 saturated carbocycles. The number of aromatic nitrogens is 1. The van der Waals surface area contributed by atoms with Gasteiger partial charge in [0.1, 0.15) is 0 Å². The van der Waals surface area contributed by atoms with Crippen LogP contribution in [0.4, 0.5) is 16.2 Å². The molecule has 0 atom stereocenters. The molecule has 264 valence electrons. The van der Waals surface area contributed by atoms with Crippen LogP contribution in [0.3, 0.4) is 0 Å². The summed E-state index contributed by atoms with van der Waals surface area (Å²) in [7, 11) is -6.55. The molecular weight excluding hydrogens is 661 g/mol. The molecule has 4 aromatic rings. The number of sulfonamides is 2. The maximum Gasteiger partial charge on any atom is 0.321 e. The van der Waals surface area contributed by atoms with Crippen LogP contribution in [-0.2, 0) is 32.9 Å². The number of hydrogen-bond donors (Lipinski definition) is 4. The minimum atomic E-state index is -3.28. The maximum absolute atomic E-state index is 13.2. The van der Waals surface area contributed by atoms with Crippen molar-refractivity contribution in [3.05, 3.63) is 82.9 Å². The lowest BCUT2D eigenvalue weighted by Gasteiger charge is -2.33. The fourth-order valence-electron chi connectivity index (χ4n) is 6.38. The second-order valence-corrected chi connectivity index (χ2v) is 16.9. The van der Waals surface area contributed by atoms with Crippen molar-refractivity contribution >= 4 is 48.4 Å². The van der Waals surface area contributed by atoms with Crippen LogP contribution in [0.2, 0.25) is 0 Å². The van der Waals surface area contributed by atoms with E-state index < -0.39 is 20.0 Å².